The van der Waals surface area contributed by atoms with E-state index in [2.05, 4.69) is 44.8 Å². The molecule has 2 nitrogen and oxygen atoms in total. The van der Waals surface area contributed by atoms with Crippen LogP contribution in [0.1, 0.15) is 37.3 Å². The van der Waals surface area contributed by atoms with Crippen molar-refractivity contribution in [1.82, 2.24) is 9.38 Å². The van der Waals surface area contributed by atoms with Gasteiger partial charge in [-0.3, -0.25) is 4.40 Å². The zero-order valence-electron chi connectivity index (χ0n) is 8.40. The summed E-state index contributed by atoms with van der Waals surface area (Å²) in [6.45, 7) is 0. The number of imidazole rings is 1. The average molecular weight is 332 g/mol. The smallest absolute Gasteiger partial charge is 0.193 e. The third kappa shape index (κ3) is 1.82. The molecule has 2 aromatic heterocycles. The fourth-order valence-electron chi connectivity index (χ4n) is 2.34. The Labute approximate surface area is 107 Å². The minimum Gasteiger partial charge on any atom is -0.297 e. The highest BCUT2D eigenvalue weighted by Crippen LogP contribution is 2.37. The van der Waals surface area contributed by atoms with Crippen molar-refractivity contribution in [3.63, 3.8) is 0 Å². The lowest BCUT2D eigenvalue weighted by Gasteiger charge is -2.25. The van der Waals surface area contributed by atoms with Crippen molar-refractivity contribution in [3.8, 4) is 0 Å². The van der Waals surface area contributed by atoms with E-state index >= 15 is 0 Å². The summed E-state index contributed by atoms with van der Waals surface area (Å²) in [7, 11) is 0. The van der Waals surface area contributed by atoms with Crippen molar-refractivity contribution in [2.45, 2.75) is 35.5 Å². The first-order valence-electron chi connectivity index (χ1n) is 5.41. The molecule has 2 unspecified atom stereocenters. The van der Waals surface area contributed by atoms with E-state index in [1.54, 1.807) is 11.3 Å². The molecule has 0 radical (unpaired) electrons. The van der Waals surface area contributed by atoms with Crippen LogP contribution in [0.25, 0.3) is 4.96 Å². The maximum Gasteiger partial charge on any atom is 0.193 e. The van der Waals surface area contributed by atoms with Crippen LogP contribution >= 0.6 is 33.9 Å². The molecule has 0 saturated heterocycles. The van der Waals surface area contributed by atoms with Crippen molar-refractivity contribution < 1.29 is 0 Å². The van der Waals surface area contributed by atoms with Gasteiger partial charge in [0, 0.05) is 27.6 Å². The number of fused-ring (bicyclic) bond motifs is 1. The molecule has 1 aliphatic carbocycles. The number of rotatable bonds is 1. The van der Waals surface area contributed by atoms with E-state index in [1.165, 1.54) is 31.4 Å². The first-order valence-corrected chi connectivity index (χ1v) is 7.53. The zero-order valence-corrected chi connectivity index (χ0v) is 11.4. The van der Waals surface area contributed by atoms with Crippen LogP contribution in [0, 0.1) is 0 Å². The molecule has 4 heteroatoms. The van der Waals surface area contributed by atoms with Gasteiger partial charge >= 0.3 is 0 Å². The van der Waals surface area contributed by atoms with Gasteiger partial charge in [0.25, 0.3) is 0 Å². The molecular weight excluding hydrogens is 319 g/mol. The van der Waals surface area contributed by atoms with Crippen molar-refractivity contribution >= 4 is 38.9 Å². The highest BCUT2D eigenvalue weighted by atomic mass is 127. The Morgan fingerprint density at radius 3 is 3.07 bits per heavy atom. The molecule has 2 atom stereocenters. The summed E-state index contributed by atoms with van der Waals surface area (Å²) >= 11 is 4.32. The summed E-state index contributed by atoms with van der Waals surface area (Å²) in [4.78, 5) is 5.86. The average Bonchev–Trinajstić information content (AvgIpc) is 2.77. The van der Waals surface area contributed by atoms with Gasteiger partial charge < -0.3 is 0 Å². The van der Waals surface area contributed by atoms with Gasteiger partial charge in [0.15, 0.2) is 4.96 Å². The predicted molar refractivity (Wildman–Crippen MR) is 72.1 cm³/mol. The normalized spacial score (nSPS) is 27.3. The van der Waals surface area contributed by atoms with Crippen LogP contribution in [0.15, 0.2) is 17.8 Å². The SMILES string of the molecule is IC1CCCCC1c1cn2ccsc2n1. The second kappa shape index (κ2) is 4.05. The Morgan fingerprint density at radius 1 is 1.40 bits per heavy atom. The molecule has 1 fully saturated rings. The van der Waals surface area contributed by atoms with Crippen LogP contribution in [-0.2, 0) is 0 Å². The van der Waals surface area contributed by atoms with Crippen molar-refractivity contribution in [3.05, 3.63) is 23.5 Å². The maximum absolute atomic E-state index is 4.72. The molecule has 0 bridgehead atoms. The maximum atomic E-state index is 4.72. The number of nitrogens with zero attached hydrogens (tertiary/aromatic N) is 2. The molecule has 2 heterocycles. The Balaban J connectivity index is 1.95. The molecule has 0 N–H and O–H groups in total. The minimum absolute atomic E-state index is 0.687. The molecule has 1 aliphatic rings. The topological polar surface area (TPSA) is 17.3 Å². The first-order chi connectivity index (χ1) is 7.34. The van der Waals surface area contributed by atoms with E-state index in [-0.39, 0.29) is 0 Å². The van der Waals surface area contributed by atoms with E-state index < -0.39 is 0 Å². The number of hydrogen-bond acceptors (Lipinski definition) is 2. The van der Waals surface area contributed by atoms with E-state index in [4.69, 9.17) is 4.98 Å². The number of alkyl halides is 1. The quantitative estimate of drug-likeness (QED) is 0.573. The molecule has 1 saturated carbocycles. The van der Waals surface area contributed by atoms with E-state index in [9.17, 15) is 0 Å². The van der Waals surface area contributed by atoms with E-state index in [0.29, 0.717) is 5.92 Å². The van der Waals surface area contributed by atoms with Crippen LogP contribution < -0.4 is 0 Å². The second-order valence-corrected chi connectivity index (χ2v) is 6.64. The molecule has 3 rings (SSSR count). The molecule has 0 spiro atoms. The summed E-state index contributed by atoms with van der Waals surface area (Å²) in [5.74, 6) is 0.687. The number of halogens is 1. The second-order valence-electron chi connectivity index (χ2n) is 4.17. The van der Waals surface area contributed by atoms with Crippen LogP contribution in [0.3, 0.4) is 0 Å². The molecular formula is C11H13IN2S. The number of thiazole rings is 1. The Hall–Kier alpha value is -0.100. The summed E-state index contributed by atoms with van der Waals surface area (Å²) in [5, 5.41) is 2.09. The largest absolute Gasteiger partial charge is 0.297 e. The van der Waals surface area contributed by atoms with Crippen LogP contribution in [0.2, 0.25) is 0 Å². The Morgan fingerprint density at radius 2 is 2.27 bits per heavy atom. The Bertz CT molecular complexity index is 433. The lowest BCUT2D eigenvalue weighted by molar-refractivity contribution is 0.461. The summed E-state index contributed by atoms with van der Waals surface area (Å²) < 4.78 is 2.93. The van der Waals surface area contributed by atoms with Gasteiger partial charge in [0.1, 0.15) is 0 Å². The summed E-state index contributed by atoms with van der Waals surface area (Å²) in [6, 6.07) is 0. The third-order valence-corrected chi connectivity index (χ3v) is 5.44. The highest BCUT2D eigenvalue weighted by molar-refractivity contribution is 14.1. The molecule has 15 heavy (non-hydrogen) atoms. The molecule has 0 aliphatic heterocycles. The minimum atomic E-state index is 0.687. The van der Waals surface area contributed by atoms with Gasteiger partial charge in [0.05, 0.1) is 5.69 Å². The van der Waals surface area contributed by atoms with Gasteiger partial charge in [-0.15, -0.1) is 11.3 Å². The number of aromatic nitrogens is 2. The third-order valence-electron chi connectivity index (χ3n) is 3.17. The van der Waals surface area contributed by atoms with Gasteiger partial charge in [0.2, 0.25) is 0 Å². The highest BCUT2D eigenvalue weighted by Gasteiger charge is 2.26. The monoisotopic (exact) mass is 332 g/mol. The van der Waals surface area contributed by atoms with Gasteiger partial charge in [-0.25, -0.2) is 4.98 Å². The van der Waals surface area contributed by atoms with Crippen molar-refractivity contribution in [2.75, 3.05) is 0 Å². The lowest BCUT2D eigenvalue weighted by Crippen LogP contribution is -2.17. The zero-order chi connectivity index (χ0) is 10.3. The molecule has 80 valence electrons. The fraction of sp³-hybridized carbons (Fsp3) is 0.545. The standard InChI is InChI=1S/C11H13IN2S/c12-9-4-2-1-3-8(9)10-7-14-5-6-15-11(14)13-10/h5-9H,1-4H2. The van der Waals surface area contributed by atoms with Crippen LogP contribution in [0.4, 0.5) is 0 Å². The first kappa shape index (κ1) is 10.1. The van der Waals surface area contributed by atoms with Gasteiger partial charge in [-0.1, -0.05) is 35.4 Å². The summed E-state index contributed by atoms with van der Waals surface area (Å²) in [5.41, 5.74) is 1.31. The Kier molecular flexibility index (Phi) is 2.72. The van der Waals surface area contributed by atoms with Crippen molar-refractivity contribution in [1.29, 1.82) is 0 Å². The fourth-order valence-corrected chi connectivity index (χ4v) is 4.22. The lowest BCUT2D eigenvalue weighted by atomic mass is 9.87. The predicted octanol–water partition coefficient (Wildman–Crippen LogP) is 3.86. The van der Waals surface area contributed by atoms with Crippen LogP contribution in [-0.4, -0.2) is 13.3 Å². The summed E-state index contributed by atoms with van der Waals surface area (Å²) in [6.07, 6.45) is 9.76. The van der Waals surface area contributed by atoms with Crippen molar-refractivity contribution in [2.24, 2.45) is 0 Å². The van der Waals surface area contributed by atoms with Gasteiger partial charge in [-0.05, 0) is 12.8 Å². The van der Waals surface area contributed by atoms with Crippen LogP contribution in [0.5, 0.6) is 0 Å². The molecule has 0 aromatic carbocycles. The van der Waals surface area contributed by atoms with E-state index in [1.807, 2.05) is 0 Å². The van der Waals surface area contributed by atoms with E-state index in [0.717, 1.165) is 8.89 Å². The number of hydrogen-bond donors (Lipinski definition) is 0. The van der Waals surface area contributed by atoms with Gasteiger partial charge in [-0.2, -0.15) is 0 Å². The molecule has 0 amide bonds. The molecule has 2 aromatic rings.